The molecule has 1 aliphatic rings. The summed E-state index contributed by atoms with van der Waals surface area (Å²) >= 11 is 0. The minimum absolute atomic E-state index is 0.0725. The second-order valence-corrected chi connectivity index (χ2v) is 4.18. The largest absolute Gasteiger partial charge is 0.505 e. The molecule has 0 saturated carbocycles. The molecule has 0 spiro atoms. The first-order valence-electron chi connectivity index (χ1n) is 5.53. The third-order valence-corrected chi connectivity index (χ3v) is 3.07. The number of phenolic OH excluding ortho intramolecular Hbond substituents is 1. The Balaban J connectivity index is 2.21. The molecule has 5 nitrogen and oxygen atoms in total. The van der Waals surface area contributed by atoms with Gasteiger partial charge in [0.25, 0.3) is 5.91 Å². The lowest BCUT2D eigenvalue weighted by Crippen LogP contribution is -2.37. The molecule has 1 aromatic rings. The van der Waals surface area contributed by atoms with Gasteiger partial charge in [0, 0.05) is 13.7 Å². The smallest absolute Gasteiger partial charge is 0.257 e. The lowest BCUT2D eigenvalue weighted by molar-refractivity contribution is 0.0708. The lowest BCUT2D eigenvalue weighted by Gasteiger charge is -2.23. The van der Waals surface area contributed by atoms with E-state index in [1.54, 1.807) is 30.1 Å². The number of ether oxygens (including phenoxy) is 1. The van der Waals surface area contributed by atoms with E-state index in [0.717, 1.165) is 6.42 Å². The molecule has 0 bridgehead atoms. The van der Waals surface area contributed by atoms with Gasteiger partial charge in [0.05, 0.1) is 23.9 Å². The maximum atomic E-state index is 12.2. The molecule has 1 aromatic carbocycles. The molecular weight excluding hydrogens is 220 g/mol. The van der Waals surface area contributed by atoms with E-state index >= 15 is 0 Å². The number of nitrogens with two attached hydrogens (primary N) is 1. The van der Waals surface area contributed by atoms with Gasteiger partial charge in [0.15, 0.2) is 5.75 Å². The van der Waals surface area contributed by atoms with Crippen molar-refractivity contribution in [3.63, 3.8) is 0 Å². The van der Waals surface area contributed by atoms with Crippen LogP contribution in [0.3, 0.4) is 0 Å². The van der Waals surface area contributed by atoms with E-state index in [1.807, 2.05) is 0 Å². The van der Waals surface area contributed by atoms with Crippen molar-refractivity contribution in [2.24, 2.45) is 0 Å². The number of carbonyl (C=O) groups excluding carboxylic acids is 1. The summed E-state index contributed by atoms with van der Waals surface area (Å²) < 4.78 is 5.24. The zero-order chi connectivity index (χ0) is 12.4. The first kappa shape index (κ1) is 11.7. The summed E-state index contributed by atoms with van der Waals surface area (Å²) in [7, 11) is 1.71. The van der Waals surface area contributed by atoms with Crippen molar-refractivity contribution in [3.05, 3.63) is 23.8 Å². The van der Waals surface area contributed by atoms with Crippen LogP contribution >= 0.6 is 0 Å². The average Bonchev–Trinajstić information content (AvgIpc) is 2.84. The molecule has 1 amide bonds. The van der Waals surface area contributed by atoms with Crippen LogP contribution in [0.1, 0.15) is 16.8 Å². The highest BCUT2D eigenvalue weighted by atomic mass is 16.5. The number of nitrogen functional groups attached to an aromatic ring is 1. The normalized spacial score (nSPS) is 19.2. The number of hydrogen-bond acceptors (Lipinski definition) is 4. The number of hydrogen-bond donors (Lipinski definition) is 2. The fraction of sp³-hybridized carbons (Fsp3) is 0.417. The minimum atomic E-state index is -0.231. The highest BCUT2D eigenvalue weighted by Gasteiger charge is 2.26. The zero-order valence-electron chi connectivity index (χ0n) is 9.72. The topological polar surface area (TPSA) is 75.8 Å². The van der Waals surface area contributed by atoms with Crippen LogP contribution in [0.5, 0.6) is 5.75 Å². The van der Waals surface area contributed by atoms with Crippen molar-refractivity contribution in [2.45, 2.75) is 12.5 Å². The fourth-order valence-electron chi connectivity index (χ4n) is 1.92. The molecule has 0 aliphatic carbocycles. The van der Waals surface area contributed by atoms with Crippen LogP contribution in [-0.2, 0) is 4.74 Å². The van der Waals surface area contributed by atoms with E-state index in [0.29, 0.717) is 13.2 Å². The summed E-state index contributed by atoms with van der Waals surface area (Å²) in [5.74, 6) is -0.381. The van der Waals surface area contributed by atoms with Crippen molar-refractivity contribution in [1.82, 2.24) is 4.90 Å². The number of rotatable bonds is 2. The molecule has 1 atom stereocenters. The Labute approximate surface area is 99.8 Å². The van der Waals surface area contributed by atoms with Crippen LogP contribution in [0.25, 0.3) is 0 Å². The Kier molecular flexibility index (Phi) is 3.19. The van der Waals surface area contributed by atoms with Gasteiger partial charge < -0.3 is 20.5 Å². The molecular formula is C12H16N2O3. The summed E-state index contributed by atoms with van der Waals surface area (Å²) in [6.45, 7) is 1.22. The molecule has 1 unspecified atom stereocenters. The molecule has 5 heteroatoms. The summed E-state index contributed by atoms with van der Waals surface area (Å²) in [5, 5.41) is 9.76. The second kappa shape index (κ2) is 4.63. The average molecular weight is 236 g/mol. The number of para-hydroxylation sites is 1. The van der Waals surface area contributed by atoms with Crippen LogP contribution in [0.4, 0.5) is 5.69 Å². The van der Waals surface area contributed by atoms with Gasteiger partial charge in [-0.05, 0) is 18.6 Å². The number of amides is 1. The fourth-order valence-corrected chi connectivity index (χ4v) is 1.92. The molecule has 92 valence electrons. The second-order valence-electron chi connectivity index (χ2n) is 4.18. The SMILES string of the molecule is CN(C(=O)c1cccc(N)c1O)C1CCOC1. The highest BCUT2D eigenvalue weighted by molar-refractivity contribution is 5.98. The summed E-state index contributed by atoms with van der Waals surface area (Å²) in [6.07, 6.45) is 0.825. The molecule has 3 N–H and O–H groups in total. The van der Waals surface area contributed by atoms with Crippen molar-refractivity contribution in [3.8, 4) is 5.75 Å². The van der Waals surface area contributed by atoms with Gasteiger partial charge in [0.2, 0.25) is 0 Å². The highest BCUT2D eigenvalue weighted by Crippen LogP contribution is 2.26. The molecule has 17 heavy (non-hydrogen) atoms. The number of likely N-dealkylation sites (N-methyl/N-ethyl adjacent to an activating group) is 1. The number of phenols is 1. The number of anilines is 1. The molecule has 0 radical (unpaired) electrons. The Bertz CT molecular complexity index is 428. The van der Waals surface area contributed by atoms with E-state index in [1.165, 1.54) is 0 Å². The zero-order valence-corrected chi connectivity index (χ0v) is 9.72. The van der Waals surface area contributed by atoms with Crippen LogP contribution in [0, 0.1) is 0 Å². The number of benzene rings is 1. The van der Waals surface area contributed by atoms with Crippen molar-refractivity contribution in [2.75, 3.05) is 26.0 Å². The van der Waals surface area contributed by atoms with Crippen molar-refractivity contribution >= 4 is 11.6 Å². The Morgan fingerprint density at radius 3 is 3.00 bits per heavy atom. The Morgan fingerprint density at radius 2 is 2.35 bits per heavy atom. The van der Waals surface area contributed by atoms with Gasteiger partial charge in [-0.3, -0.25) is 4.79 Å². The number of aromatic hydroxyl groups is 1. The monoisotopic (exact) mass is 236 g/mol. The number of nitrogens with zero attached hydrogens (tertiary/aromatic N) is 1. The van der Waals surface area contributed by atoms with E-state index in [2.05, 4.69) is 0 Å². The third-order valence-electron chi connectivity index (χ3n) is 3.07. The van der Waals surface area contributed by atoms with Crippen LogP contribution in [-0.4, -0.2) is 42.2 Å². The minimum Gasteiger partial charge on any atom is -0.505 e. The predicted molar refractivity (Wildman–Crippen MR) is 63.8 cm³/mol. The molecule has 1 fully saturated rings. The molecule has 0 aromatic heterocycles. The lowest BCUT2D eigenvalue weighted by atomic mass is 10.1. The number of carbonyl (C=O) groups is 1. The van der Waals surface area contributed by atoms with Gasteiger partial charge >= 0.3 is 0 Å². The van der Waals surface area contributed by atoms with Crippen molar-refractivity contribution in [1.29, 1.82) is 0 Å². The van der Waals surface area contributed by atoms with E-state index in [9.17, 15) is 9.90 Å². The van der Waals surface area contributed by atoms with Gasteiger partial charge in [-0.2, -0.15) is 0 Å². The van der Waals surface area contributed by atoms with Crippen LogP contribution in [0.2, 0.25) is 0 Å². The first-order valence-corrected chi connectivity index (χ1v) is 5.53. The van der Waals surface area contributed by atoms with E-state index in [-0.39, 0.29) is 28.9 Å². The van der Waals surface area contributed by atoms with Gasteiger partial charge in [-0.1, -0.05) is 6.07 Å². The standard InChI is InChI=1S/C12H16N2O3/c1-14(8-5-6-17-7-8)12(16)9-3-2-4-10(13)11(9)15/h2-4,8,15H,5-7,13H2,1H3. The molecule has 1 heterocycles. The maximum Gasteiger partial charge on any atom is 0.257 e. The molecule has 1 saturated heterocycles. The Hall–Kier alpha value is -1.75. The van der Waals surface area contributed by atoms with E-state index < -0.39 is 0 Å². The molecule has 1 aliphatic heterocycles. The first-order chi connectivity index (χ1) is 8.11. The predicted octanol–water partition coefficient (Wildman–Crippen LogP) is 0.835. The summed E-state index contributed by atoms with van der Waals surface area (Å²) in [5.41, 5.74) is 6.02. The van der Waals surface area contributed by atoms with Gasteiger partial charge in [-0.25, -0.2) is 0 Å². The summed E-state index contributed by atoms with van der Waals surface area (Å²) in [4.78, 5) is 13.8. The Morgan fingerprint density at radius 1 is 1.59 bits per heavy atom. The van der Waals surface area contributed by atoms with Crippen LogP contribution in [0.15, 0.2) is 18.2 Å². The van der Waals surface area contributed by atoms with E-state index in [4.69, 9.17) is 10.5 Å². The third kappa shape index (κ3) is 2.19. The van der Waals surface area contributed by atoms with Crippen molar-refractivity contribution < 1.29 is 14.6 Å². The van der Waals surface area contributed by atoms with Gasteiger partial charge in [-0.15, -0.1) is 0 Å². The maximum absolute atomic E-state index is 12.2. The quantitative estimate of drug-likeness (QED) is 0.589. The molecule has 2 rings (SSSR count). The van der Waals surface area contributed by atoms with Gasteiger partial charge in [0.1, 0.15) is 0 Å². The van der Waals surface area contributed by atoms with Crippen LogP contribution < -0.4 is 5.73 Å². The summed E-state index contributed by atoms with van der Waals surface area (Å²) in [6, 6.07) is 4.86.